The zero-order chi connectivity index (χ0) is 14.0. The first-order valence-electron chi connectivity index (χ1n) is 6.79. The largest absolute Gasteiger partial charge is 0.390 e. The van der Waals surface area contributed by atoms with E-state index in [0.717, 1.165) is 5.92 Å². The van der Waals surface area contributed by atoms with Gasteiger partial charge in [0, 0.05) is 18.5 Å². The minimum Gasteiger partial charge on any atom is -0.314 e. The van der Waals surface area contributed by atoms with Gasteiger partial charge in [-0.2, -0.15) is 13.2 Å². The highest BCUT2D eigenvalue weighted by Crippen LogP contribution is 2.46. The number of nitrogens with one attached hydrogen (secondary N) is 1. The average molecular weight is 271 g/mol. The molecule has 3 aliphatic carbocycles. The van der Waals surface area contributed by atoms with Crippen LogP contribution in [0.5, 0.6) is 0 Å². The van der Waals surface area contributed by atoms with E-state index in [-0.39, 0.29) is 12.6 Å². The van der Waals surface area contributed by atoms with Crippen LogP contribution in [-0.4, -0.2) is 18.8 Å². The van der Waals surface area contributed by atoms with E-state index in [9.17, 15) is 13.2 Å². The third-order valence-corrected chi connectivity index (χ3v) is 3.61. The van der Waals surface area contributed by atoms with Crippen molar-refractivity contribution in [3.63, 3.8) is 0 Å². The van der Waals surface area contributed by atoms with Crippen LogP contribution in [0.4, 0.5) is 13.2 Å². The molecule has 0 spiro atoms. The first-order chi connectivity index (χ1) is 8.87. The summed E-state index contributed by atoms with van der Waals surface area (Å²) in [6, 6.07) is 7.03. The van der Waals surface area contributed by atoms with Crippen molar-refractivity contribution in [2.45, 2.75) is 51.2 Å². The van der Waals surface area contributed by atoms with Crippen molar-refractivity contribution < 1.29 is 13.2 Å². The average Bonchev–Trinajstić information content (AvgIpc) is 2.48. The third kappa shape index (κ3) is 3.72. The number of aryl methyl sites for hydroxylation is 1. The topological polar surface area (TPSA) is 12.0 Å². The molecule has 0 aromatic heterocycles. The molecule has 4 rings (SSSR count). The molecule has 4 bridgehead atoms. The minimum absolute atomic E-state index is 0.0150. The molecule has 0 radical (unpaired) electrons. The van der Waals surface area contributed by atoms with Gasteiger partial charge in [0.1, 0.15) is 0 Å². The van der Waals surface area contributed by atoms with Gasteiger partial charge in [0.2, 0.25) is 0 Å². The molecule has 0 saturated carbocycles. The van der Waals surface area contributed by atoms with Gasteiger partial charge in [0.05, 0.1) is 6.42 Å². The lowest BCUT2D eigenvalue weighted by molar-refractivity contribution is -0.133. The fraction of sp³-hybridized carbons (Fsp3) is 0.600. The second-order valence-electron chi connectivity index (χ2n) is 5.52. The molecule has 0 aliphatic heterocycles. The smallest absolute Gasteiger partial charge is 0.314 e. The first kappa shape index (κ1) is 14.4. The van der Waals surface area contributed by atoms with Gasteiger partial charge in [-0.25, -0.2) is 0 Å². The molecular formula is C15H20F3N. The summed E-state index contributed by atoms with van der Waals surface area (Å²) < 4.78 is 34.4. The van der Waals surface area contributed by atoms with Crippen LogP contribution < -0.4 is 5.32 Å². The molecule has 1 aromatic carbocycles. The molecule has 0 amide bonds. The number of fused-ring (bicyclic) bond motifs is 1. The van der Waals surface area contributed by atoms with E-state index in [2.05, 4.69) is 23.5 Å². The zero-order valence-corrected chi connectivity index (χ0v) is 11.3. The lowest BCUT2D eigenvalue weighted by Gasteiger charge is -2.22. The van der Waals surface area contributed by atoms with Crippen LogP contribution in [0.15, 0.2) is 18.2 Å². The molecule has 1 nitrogen and oxygen atoms in total. The molecule has 1 aromatic rings. The fourth-order valence-corrected chi connectivity index (χ4v) is 2.59. The maximum absolute atomic E-state index is 11.5. The zero-order valence-electron chi connectivity index (χ0n) is 11.3. The fourth-order valence-electron chi connectivity index (χ4n) is 2.59. The summed E-state index contributed by atoms with van der Waals surface area (Å²) in [6.45, 7) is 3.65. The maximum atomic E-state index is 11.5. The SMILES string of the molecule is CC(C)NCCC(F)(F)F.c1cc2c3cc1C3CC2. The molecule has 0 saturated heterocycles. The molecular weight excluding hydrogens is 251 g/mol. The first-order valence-corrected chi connectivity index (χ1v) is 6.79. The molecule has 1 unspecified atom stereocenters. The normalized spacial score (nSPS) is 18.9. The Morgan fingerprint density at radius 2 is 2.05 bits per heavy atom. The summed E-state index contributed by atoms with van der Waals surface area (Å²) in [6.07, 6.45) is -2.05. The molecule has 106 valence electrons. The Morgan fingerprint density at radius 3 is 2.53 bits per heavy atom. The number of rotatable bonds is 3. The van der Waals surface area contributed by atoms with Gasteiger partial charge in [-0.3, -0.25) is 0 Å². The molecule has 0 heterocycles. The Morgan fingerprint density at radius 1 is 1.32 bits per heavy atom. The van der Waals surface area contributed by atoms with Gasteiger partial charge < -0.3 is 5.32 Å². The van der Waals surface area contributed by atoms with E-state index >= 15 is 0 Å². The van der Waals surface area contributed by atoms with Crippen molar-refractivity contribution in [3.8, 4) is 0 Å². The lowest BCUT2D eigenvalue weighted by atomic mass is 9.82. The van der Waals surface area contributed by atoms with E-state index in [1.165, 1.54) is 12.8 Å². The molecule has 1 atom stereocenters. The Bertz CT molecular complexity index is 429. The standard InChI is InChI=1S/C9H8.C6H12F3N/c1-2-7-5-9-6(1)3-4-8(7)9;1-5(2)10-4-3-6(7,8)9/h1-2,5,8H,3-4H2;5,10H,3-4H2,1-2H3. The Hall–Kier alpha value is -1.03. The van der Waals surface area contributed by atoms with Gasteiger partial charge in [0.25, 0.3) is 0 Å². The predicted molar refractivity (Wildman–Crippen MR) is 70.4 cm³/mol. The quantitative estimate of drug-likeness (QED) is 0.875. The molecule has 4 heteroatoms. The summed E-state index contributed by atoms with van der Waals surface area (Å²) in [5.41, 5.74) is 4.83. The van der Waals surface area contributed by atoms with Crippen molar-refractivity contribution in [2.75, 3.05) is 6.54 Å². The van der Waals surface area contributed by atoms with Crippen LogP contribution in [0, 0.1) is 0 Å². The molecule has 19 heavy (non-hydrogen) atoms. The van der Waals surface area contributed by atoms with Crippen molar-refractivity contribution in [2.24, 2.45) is 0 Å². The number of hydrogen-bond acceptors (Lipinski definition) is 1. The summed E-state index contributed by atoms with van der Waals surface area (Å²) in [5.74, 6) is 0.880. The highest BCUT2D eigenvalue weighted by atomic mass is 19.4. The number of hydrogen-bond donors (Lipinski definition) is 1. The van der Waals surface area contributed by atoms with Gasteiger partial charge in [-0.15, -0.1) is 0 Å². The lowest BCUT2D eigenvalue weighted by Crippen LogP contribution is -2.27. The Kier molecular flexibility index (Phi) is 4.19. The van der Waals surface area contributed by atoms with E-state index in [1.807, 2.05) is 13.8 Å². The summed E-state index contributed by atoms with van der Waals surface area (Å²) >= 11 is 0. The third-order valence-electron chi connectivity index (χ3n) is 3.61. The molecule has 0 fully saturated rings. The second-order valence-corrected chi connectivity index (χ2v) is 5.52. The van der Waals surface area contributed by atoms with E-state index in [0.29, 0.717) is 0 Å². The minimum atomic E-state index is -4.03. The monoisotopic (exact) mass is 271 g/mol. The Labute approximate surface area is 112 Å². The predicted octanol–water partition coefficient (Wildman–Crippen LogP) is 4.01. The highest BCUT2D eigenvalue weighted by Gasteiger charge is 2.31. The maximum Gasteiger partial charge on any atom is 0.390 e. The van der Waals surface area contributed by atoms with Gasteiger partial charge in [0.15, 0.2) is 0 Å². The molecule has 3 aliphatic rings. The number of benzene rings is 1. The van der Waals surface area contributed by atoms with Crippen LogP contribution >= 0.6 is 0 Å². The van der Waals surface area contributed by atoms with E-state index in [4.69, 9.17) is 0 Å². The van der Waals surface area contributed by atoms with Crippen LogP contribution in [-0.2, 0) is 6.42 Å². The van der Waals surface area contributed by atoms with Crippen molar-refractivity contribution in [3.05, 3.63) is 34.9 Å². The summed E-state index contributed by atoms with van der Waals surface area (Å²) in [7, 11) is 0. The van der Waals surface area contributed by atoms with Gasteiger partial charge in [-0.05, 0) is 29.5 Å². The van der Waals surface area contributed by atoms with Crippen molar-refractivity contribution in [1.82, 2.24) is 5.32 Å². The highest BCUT2D eigenvalue weighted by molar-refractivity contribution is 5.52. The van der Waals surface area contributed by atoms with Crippen LogP contribution in [0.1, 0.15) is 49.3 Å². The second kappa shape index (κ2) is 5.53. The summed E-state index contributed by atoms with van der Waals surface area (Å²) in [4.78, 5) is 0. The number of halogens is 3. The van der Waals surface area contributed by atoms with Crippen LogP contribution in [0.25, 0.3) is 0 Å². The van der Waals surface area contributed by atoms with Crippen molar-refractivity contribution in [1.29, 1.82) is 0 Å². The van der Waals surface area contributed by atoms with Gasteiger partial charge in [-0.1, -0.05) is 32.0 Å². The number of alkyl halides is 3. The van der Waals surface area contributed by atoms with E-state index in [1.54, 1.807) is 16.7 Å². The van der Waals surface area contributed by atoms with Crippen LogP contribution in [0.2, 0.25) is 0 Å². The summed E-state index contributed by atoms with van der Waals surface area (Å²) in [5, 5.41) is 2.68. The molecule has 1 N–H and O–H groups in total. The van der Waals surface area contributed by atoms with Crippen LogP contribution in [0.3, 0.4) is 0 Å². The van der Waals surface area contributed by atoms with Crippen molar-refractivity contribution >= 4 is 0 Å². The Balaban J connectivity index is 0.000000140. The van der Waals surface area contributed by atoms with Gasteiger partial charge >= 0.3 is 6.18 Å². The van der Waals surface area contributed by atoms with E-state index < -0.39 is 12.6 Å².